The Balaban J connectivity index is 0.000000164. The molecule has 0 aromatic carbocycles. The second-order valence-electron chi connectivity index (χ2n) is 18.1. The number of aromatic nitrogens is 12. The molecule has 8 aromatic heterocycles. The highest BCUT2D eigenvalue weighted by Crippen LogP contribution is 2.27. The Labute approximate surface area is 379 Å². The summed E-state index contributed by atoms with van der Waals surface area (Å²) in [6, 6.07) is 15.9. The fraction of sp³-hybridized carbons (Fsp3) is 0.388. The lowest BCUT2D eigenvalue weighted by Gasteiger charge is -2.28. The molecule has 10 heterocycles. The van der Waals surface area contributed by atoms with Gasteiger partial charge < -0.3 is 20.9 Å². The van der Waals surface area contributed by atoms with Gasteiger partial charge in [-0.2, -0.15) is 20.4 Å². The first-order valence-electron chi connectivity index (χ1n) is 22.9. The Hall–Kier alpha value is -6.78. The van der Waals surface area contributed by atoms with Gasteiger partial charge in [0, 0.05) is 60.1 Å². The zero-order chi connectivity index (χ0) is 44.7. The molecule has 2 aliphatic rings. The fourth-order valence-corrected chi connectivity index (χ4v) is 8.31. The first-order chi connectivity index (χ1) is 31.7. The van der Waals surface area contributed by atoms with Crippen molar-refractivity contribution in [2.75, 3.05) is 43.9 Å². The minimum absolute atomic E-state index is 0.387. The number of fused-ring (bicyclic) bond motifs is 2. The zero-order valence-corrected chi connectivity index (χ0v) is 37.9. The van der Waals surface area contributed by atoms with Crippen LogP contribution in [0, 0.1) is 11.8 Å². The van der Waals surface area contributed by atoms with E-state index in [-0.39, 0.29) is 0 Å². The number of nitrogens with zero attached hydrogens (tertiary/aromatic N) is 13. The molecule has 2 fully saturated rings. The highest BCUT2D eigenvalue weighted by Gasteiger charge is 2.18. The van der Waals surface area contributed by atoms with Crippen molar-refractivity contribution in [2.45, 2.75) is 78.3 Å². The number of hydrogen-bond acceptors (Lipinski definition) is 14. The van der Waals surface area contributed by atoms with Crippen LogP contribution in [0.2, 0.25) is 0 Å². The van der Waals surface area contributed by atoms with Gasteiger partial charge in [-0.05, 0) is 142 Å². The summed E-state index contributed by atoms with van der Waals surface area (Å²) in [6.07, 6.45) is 20.3. The molecule has 0 spiro atoms. The van der Waals surface area contributed by atoms with Gasteiger partial charge in [0.2, 0.25) is 0 Å². The second-order valence-corrected chi connectivity index (χ2v) is 18.1. The standard InChI is InChI=1S/C25H30N8.C24H28N8/c1-17(2)19-11-25(31-27-13-19)30-24-5-4-22-23(29-24)10-20(12-26-22)21-14-28-33(16-21)15-18-6-8-32(3)9-7-18;1-16(2)18-10-24(31-27-12-18)30-23-4-3-21-22(29-23)9-19(11-26-21)20-13-28-32(15-20)14-17-5-7-25-8-6-17/h4-5,10-14,16-18H,6-9,15H2,1-3H3,(H,29,30,31);3-4,9-13,15-17,25H,5-8,14H2,1-2H3,(H,29,30,31). The Bertz CT molecular complexity index is 2840. The van der Waals surface area contributed by atoms with E-state index in [2.05, 4.69) is 130 Å². The van der Waals surface area contributed by atoms with Gasteiger partial charge in [0.05, 0.1) is 46.9 Å². The van der Waals surface area contributed by atoms with Gasteiger partial charge in [-0.15, -0.1) is 10.2 Å². The molecular weight excluding hydrogens is 813 g/mol. The van der Waals surface area contributed by atoms with Gasteiger partial charge in [-0.1, -0.05) is 27.7 Å². The van der Waals surface area contributed by atoms with Crippen LogP contribution in [0.1, 0.15) is 76.3 Å². The molecule has 65 heavy (non-hydrogen) atoms. The molecule has 10 rings (SSSR count). The smallest absolute Gasteiger partial charge is 0.154 e. The molecular formula is C49H58N16. The topological polar surface area (TPSA) is 178 Å². The monoisotopic (exact) mass is 871 g/mol. The molecule has 2 saturated heterocycles. The van der Waals surface area contributed by atoms with E-state index in [9.17, 15) is 0 Å². The van der Waals surface area contributed by atoms with Crippen LogP contribution in [0.4, 0.5) is 23.3 Å². The van der Waals surface area contributed by atoms with E-state index in [4.69, 9.17) is 9.97 Å². The van der Waals surface area contributed by atoms with Crippen LogP contribution in [0.25, 0.3) is 44.3 Å². The lowest BCUT2D eigenvalue weighted by atomic mass is 9.97. The maximum absolute atomic E-state index is 4.77. The predicted molar refractivity (Wildman–Crippen MR) is 256 cm³/mol. The van der Waals surface area contributed by atoms with Crippen LogP contribution in [-0.2, 0) is 13.1 Å². The van der Waals surface area contributed by atoms with E-state index in [0.717, 1.165) is 87.4 Å². The van der Waals surface area contributed by atoms with E-state index in [1.807, 2.05) is 61.2 Å². The van der Waals surface area contributed by atoms with Crippen molar-refractivity contribution in [3.05, 3.63) is 109 Å². The van der Waals surface area contributed by atoms with E-state index >= 15 is 0 Å². The molecule has 0 radical (unpaired) electrons. The first-order valence-corrected chi connectivity index (χ1v) is 22.9. The van der Waals surface area contributed by atoms with Crippen LogP contribution >= 0.6 is 0 Å². The van der Waals surface area contributed by atoms with Gasteiger partial charge in [0.1, 0.15) is 11.6 Å². The number of anilines is 4. The molecule has 334 valence electrons. The van der Waals surface area contributed by atoms with Crippen molar-refractivity contribution in [1.29, 1.82) is 0 Å². The van der Waals surface area contributed by atoms with Crippen LogP contribution < -0.4 is 16.0 Å². The summed E-state index contributed by atoms with van der Waals surface area (Å²) >= 11 is 0. The molecule has 3 N–H and O–H groups in total. The largest absolute Gasteiger partial charge is 0.323 e. The quantitative estimate of drug-likeness (QED) is 0.106. The lowest BCUT2D eigenvalue weighted by molar-refractivity contribution is 0.201. The number of nitrogens with one attached hydrogen (secondary N) is 3. The minimum atomic E-state index is 0.387. The SMILES string of the molecule is CC(C)c1cnnc(Nc2ccc3ncc(-c4cnn(CC5CCN(C)CC5)c4)cc3n2)c1.CC(C)c1cnnc(Nc2ccc3ncc(-c4cnn(CC5CCNCC5)c4)cc3n2)c1. The van der Waals surface area contributed by atoms with Crippen LogP contribution in [-0.4, -0.2) is 98.0 Å². The van der Waals surface area contributed by atoms with Crippen molar-refractivity contribution in [3.8, 4) is 22.3 Å². The molecule has 0 atom stereocenters. The molecule has 16 nitrogen and oxygen atoms in total. The number of piperidine rings is 2. The molecule has 16 heteroatoms. The molecule has 8 aromatic rings. The molecule has 0 unspecified atom stereocenters. The van der Waals surface area contributed by atoms with E-state index in [1.54, 1.807) is 12.4 Å². The maximum Gasteiger partial charge on any atom is 0.154 e. The summed E-state index contributed by atoms with van der Waals surface area (Å²) in [6.45, 7) is 15.0. The highest BCUT2D eigenvalue weighted by molar-refractivity contribution is 5.83. The van der Waals surface area contributed by atoms with Gasteiger partial charge in [-0.25, -0.2) is 9.97 Å². The Kier molecular flexibility index (Phi) is 13.3. The summed E-state index contributed by atoms with van der Waals surface area (Å²) in [4.78, 5) is 21.1. The zero-order valence-electron chi connectivity index (χ0n) is 37.9. The number of hydrogen-bond donors (Lipinski definition) is 3. The Morgan fingerprint density at radius 2 is 1.03 bits per heavy atom. The highest BCUT2D eigenvalue weighted by atomic mass is 15.3. The van der Waals surface area contributed by atoms with Crippen molar-refractivity contribution in [3.63, 3.8) is 0 Å². The minimum Gasteiger partial charge on any atom is -0.323 e. The Morgan fingerprint density at radius 1 is 0.554 bits per heavy atom. The molecule has 0 saturated carbocycles. The normalized spacial score (nSPS) is 15.1. The van der Waals surface area contributed by atoms with Crippen LogP contribution in [0.15, 0.2) is 98.1 Å². The van der Waals surface area contributed by atoms with Crippen molar-refractivity contribution >= 4 is 45.3 Å². The number of rotatable bonds is 12. The molecule has 0 amide bonds. The molecule has 0 aliphatic carbocycles. The van der Waals surface area contributed by atoms with E-state index < -0.39 is 0 Å². The van der Waals surface area contributed by atoms with Gasteiger partial charge in [0.15, 0.2) is 11.6 Å². The lowest BCUT2D eigenvalue weighted by Crippen LogP contribution is -2.31. The maximum atomic E-state index is 4.77. The van der Waals surface area contributed by atoms with Crippen molar-refractivity contribution in [1.82, 2.24) is 70.1 Å². The van der Waals surface area contributed by atoms with Gasteiger partial charge in [-0.3, -0.25) is 19.3 Å². The van der Waals surface area contributed by atoms with Gasteiger partial charge in [0.25, 0.3) is 0 Å². The third-order valence-corrected chi connectivity index (χ3v) is 12.4. The summed E-state index contributed by atoms with van der Waals surface area (Å²) in [5.74, 6) is 4.96. The molecule has 0 bridgehead atoms. The first kappa shape index (κ1) is 43.5. The summed E-state index contributed by atoms with van der Waals surface area (Å²) in [5.41, 5.74) is 9.78. The average Bonchev–Trinajstić information content (AvgIpc) is 4.00. The third-order valence-electron chi connectivity index (χ3n) is 12.4. The summed E-state index contributed by atoms with van der Waals surface area (Å²) < 4.78 is 4.13. The fourth-order valence-electron chi connectivity index (χ4n) is 8.31. The molecule has 2 aliphatic heterocycles. The summed E-state index contributed by atoms with van der Waals surface area (Å²) in [5, 5.41) is 35.7. The average molecular weight is 871 g/mol. The van der Waals surface area contributed by atoms with E-state index in [0.29, 0.717) is 41.1 Å². The second kappa shape index (κ2) is 19.9. The third kappa shape index (κ3) is 11.1. The predicted octanol–water partition coefficient (Wildman–Crippen LogP) is 8.64. The van der Waals surface area contributed by atoms with Crippen LogP contribution in [0.3, 0.4) is 0 Å². The van der Waals surface area contributed by atoms with Gasteiger partial charge >= 0.3 is 0 Å². The number of likely N-dealkylation sites (tertiary alicyclic amines) is 1. The summed E-state index contributed by atoms with van der Waals surface area (Å²) in [7, 11) is 2.19. The Morgan fingerprint density at radius 3 is 1.51 bits per heavy atom. The van der Waals surface area contributed by atoms with Crippen LogP contribution in [0.5, 0.6) is 0 Å². The number of pyridine rings is 4. The van der Waals surface area contributed by atoms with E-state index in [1.165, 1.54) is 38.8 Å². The van der Waals surface area contributed by atoms with Crippen molar-refractivity contribution < 1.29 is 0 Å². The van der Waals surface area contributed by atoms with Crippen molar-refractivity contribution in [2.24, 2.45) is 11.8 Å².